The summed E-state index contributed by atoms with van der Waals surface area (Å²) in [5.74, 6) is 1.58. The molecule has 0 saturated heterocycles. The van der Waals surface area contributed by atoms with Crippen molar-refractivity contribution in [1.29, 1.82) is 0 Å². The molecule has 1 atom stereocenters. The smallest absolute Gasteiger partial charge is 0.122 e. The maximum absolute atomic E-state index is 5.66. The second-order valence-corrected chi connectivity index (χ2v) is 6.26. The lowest BCUT2D eigenvalue weighted by atomic mass is 10.1. The van der Waals surface area contributed by atoms with Gasteiger partial charge in [-0.05, 0) is 0 Å². The Labute approximate surface area is 128 Å². The third-order valence-electron chi connectivity index (χ3n) is 3.57. The summed E-state index contributed by atoms with van der Waals surface area (Å²) in [7, 11) is 0. The van der Waals surface area contributed by atoms with Crippen LogP contribution in [-0.4, -0.2) is 39.2 Å². The Morgan fingerprint density at radius 1 is 1.38 bits per heavy atom. The Morgan fingerprint density at radius 2 is 2.33 bits per heavy atom. The molecule has 0 N–H and O–H groups in total. The molecule has 0 unspecified atom stereocenters. The Kier molecular flexibility index (Phi) is 4.80. The molecule has 21 heavy (non-hydrogen) atoms. The summed E-state index contributed by atoms with van der Waals surface area (Å²) in [5, 5.41) is 3.18. The van der Waals surface area contributed by atoms with Gasteiger partial charge in [-0.2, -0.15) is 0 Å². The minimum absolute atomic E-state index is 0.459. The maximum Gasteiger partial charge on any atom is 0.122 e. The predicted octanol–water partition coefficient (Wildman–Crippen LogP) is 2.17. The standard InChI is InChI=1S/C15H20N4OS/c1-2-6-20-12-13-8-18(11-15-17-4-7-21-15)10-14-16-3-5-19(14)9-13/h2-5,7,13H,1,6,8-12H2/t13-/m1/s1. The van der Waals surface area contributed by atoms with Crippen molar-refractivity contribution in [2.24, 2.45) is 5.92 Å². The zero-order valence-electron chi connectivity index (χ0n) is 12.0. The van der Waals surface area contributed by atoms with Crippen LogP contribution in [0.1, 0.15) is 10.8 Å². The zero-order valence-corrected chi connectivity index (χ0v) is 12.8. The molecule has 0 aromatic carbocycles. The van der Waals surface area contributed by atoms with Crippen LogP contribution in [-0.2, 0) is 24.4 Å². The second-order valence-electron chi connectivity index (χ2n) is 5.28. The van der Waals surface area contributed by atoms with Crippen molar-refractivity contribution in [1.82, 2.24) is 19.4 Å². The van der Waals surface area contributed by atoms with Crippen molar-refractivity contribution >= 4 is 11.3 Å². The molecule has 0 fully saturated rings. The SMILES string of the molecule is C=CCOC[C@@H]1CN(Cc2nccs2)Cc2nccn2C1. The van der Waals surface area contributed by atoms with Crippen molar-refractivity contribution in [3.05, 3.63) is 47.5 Å². The first-order valence-corrected chi connectivity index (χ1v) is 8.02. The monoisotopic (exact) mass is 304 g/mol. The molecule has 3 heterocycles. The molecule has 112 valence electrons. The topological polar surface area (TPSA) is 43.2 Å². The fraction of sp³-hybridized carbons (Fsp3) is 0.467. The van der Waals surface area contributed by atoms with Crippen LogP contribution in [0.15, 0.2) is 36.6 Å². The van der Waals surface area contributed by atoms with Crippen molar-refractivity contribution in [2.75, 3.05) is 19.8 Å². The van der Waals surface area contributed by atoms with Crippen LogP contribution in [0.25, 0.3) is 0 Å². The molecule has 0 saturated carbocycles. The van der Waals surface area contributed by atoms with Crippen molar-refractivity contribution in [2.45, 2.75) is 19.6 Å². The van der Waals surface area contributed by atoms with E-state index in [0.29, 0.717) is 12.5 Å². The average molecular weight is 304 g/mol. The van der Waals surface area contributed by atoms with E-state index in [4.69, 9.17) is 4.74 Å². The Hall–Kier alpha value is -1.50. The van der Waals surface area contributed by atoms with Crippen LogP contribution in [0.2, 0.25) is 0 Å². The summed E-state index contributed by atoms with van der Waals surface area (Å²) in [6, 6.07) is 0. The van der Waals surface area contributed by atoms with Crippen LogP contribution in [0.4, 0.5) is 0 Å². The first-order valence-electron chi connectivity index (χ1n) is 7.14. The number of thiazole rings is 1. The largest absolute Gasteiger partial charge is 0.377 e. The molecule has 0 amide bonds. The molecule has 0 bridgehead atoms. The lowest BCUT2D eigenvalue weighted by molar-refractivity contribution is 0.0943. The van der Waals surface area contributed by atoms with E-state index >= 15 is 0 Å². The van der Waals surface area contributed by atoms with Gasteiger partial charge in [-0.15, -0.1) is 17.9 Å². The lowest BCUT2D eigenvalue weighted by Crippen LogP contribution is -2.30. The van der Waals surface area contributed by atoms with E-state index in [9.17, 15) is 0 Å². The lowest BCUT2D eigenvalue weighted by Gasteiger charge is -2.22. The number of rotatable bonds is 6. The Morgan fingerprint density at radius 3 is 3.14 bits per heavy atom. The Balaban J connectivity index is 1.69. The number of fused-ring (bicyclic) bond motifs is 1. The van der Waals surface area contributed by atoms with Crippen molar-refractivity contribution in [3.63, 3.8) is 0 Å². The molecular formula is C15H20N4OS. The minimum Gasteiger partial charge on any atom is -0.377 e. The van der Waals surface area contributed by atoms with E-state index in [1.165, 1.54) is 0 Å². The van der Waals surface area contributed by atoms with E-state index in [1.807, 2.05) is 17.8 Å². The van der Waals surface area contributed by atoms with E-state index in [0.717, 1.165) is 43.6 Å². The number of nitrogens with zero attached hydrogens (tertiary/aromatic N) is 4. The van der Waals surface area contributed by atoms with Crippen LogP contribution in [0, 0.1) is 5.92 Å². The number of hydrogen-bond acceptors (Lipinski definition) is 5. The van der Waals surface area contributed by atoms with Gasteiger partial charge in [0, 0.05) is 43.0 Å². The van der Waals surface area contributed by atoms with Crippen molar-refractivity contribution < 1.29 is 4.74 Å². The first-order chi connectivity index (χ1) is 10.3. The summed E-state index contributed by atoms with van der Waals surface area (Å²) in [5.41, 5.74) is 0. The quantitative estimate of drug-likeness (QED) is 0.606. The molecule has 3 rings (SSSR count). The average Bonchev–Trinajstić information content (AvgIpc) is 3.09. The van der Waals surface area contributed by atoms with Gasteiger partial charge in [-0.3, -0.25) is 4.90 Å². The number of aromatic nitrogens is 3. The van der Waals surface area contributed by atoms with Crippen LogP contribution in [0.3, 0.4) is 0 Å². The highest BCUT2D eigenvalue weighted by molar-refractivity contribution is 7.09. The zero-order chi connectivity index (χ0) is 14.5. The molecule has 5 nitrogen and oxygen atoms in total. The maximum atomic E-state index is 5.66. The molecule has 0 aliphatic carbocycles. The third-order valence-corrected chi connectivity index (χ3v) is 4.33. The summed E-state index contributed by atoms with van der Waals surface area (Å²) >= 11 is 1.70. The fourth-order valence-electron chi connectivity index (χ4n) is 2.69. The van der Waals surface area contributed by atoms with Crippen molar-refractivity contribution in [3.8, 4) is 0 Å². The van der Waals surface area contributed by atoms with Gasteiger partial charge in [-0.1, -0.05) is 6.08 Å². The van der Waals surface area contributed by atoms with Gasteiger partial charge in [-0.25, -0.2) is 9.97 Å². The predicted molar refractivity (Wildman–Crippen MR) is 83.0 cm³/mol. The summed E-state index contributed by atoms with van der Waals surface area (Å²) in [6.45, 7) is 8.76. The summed E-state index contributed by atoms with van der Waals surface area (Å²) in [6.07, 6.45) is 7.60. The van der Waals surface area contributed by atoms with Gasteiger partial charge in [0.05, 0.1) is 26.3 Å². The summed E-state index contributed by atoms with van der Waals surface area (Å²) in [4.78, 5) is 11.3. The summed E-state index contributed by atoms with van der Waals surface area (Å²) < 4.78 is 7.90. The number of hydrogen-bond donors (Lipinski definition) is 0. The molecule has 2 aromatic rings. The van der Waals surface area contributed by atoms with Gasteiger partial charge < -0.3 is 9.30 Å². The fourth-order valence-corrected chi connectivity index (χ4v) is 3.35. The van der Waals surface area contributed by atoms with Crippen LogP contribution >= 0.6 is 11.3 Å². The molecule has 2 aromatic heterocycles. The van der Waals surface area contributed by atoms with E-state index in [1.54, 1.807) is 17.4 Å². The van der Waals surface area contributed by atoms with Crippen LogP contribution in [0.5, 0.6) is 0 Å². The molecule has 1 aliphatic heterocycles. The second kappa shape index (κ2) is 6.98. The molecule has 1 aliphatic rings. The van der Waals surface area contributed by atoms with E-state index in [-0.39, 0.29) is 0 Å². The highest BCUT2D eigenvalue weighted by Gasteiger charge is 2.23. The molecule has 6 heteroatoms. The number of ether oxygens (including phenoxy) is 1. The van der Waals surface area contributed by atoms with Gasteiger partial charge >= 0.3 is 0 Å². The van der Waals surface area contributed by atoms with Gasteiger partial charge in [0.2, 0.25) is 0 Å². The van der Waals surface area contributed by atoms with Gasteiger partial charge in [0.25, 0.3) is 0 Å². The molecule has 0 spiro atoms. The third kappa shape index (κ3) is 3.78. The van der Waals surface area contributed by atoms with E-state index < -0.39 is 0 Å². The van der Waals surface area contributed by atoms with Gasteiger partial charge in [0.15, 0.2) is 0 Å². The first kappa shape index (κ1) is 14.4. The van der Waals surface area contributed by atoms with Crippen LogP contribution < -0.4 is 0 Å². The highest BCUT2D eigenvalue weighted by Crippen LogP contribution is 2.18. The highest BCUT2D eigenvalue weighted by atomic mass is 32.1. The molecular weight excluding hydrogens is 284 g/mol. The Bertz CT molecular complexity index is 566. The minimum atomic E-state index is 0.459. The normalized spacial score (nSPS) is 19.1. The number of imidazole rings is 1. The molecule has 0 radical (unpaired) electrons. The van der Waals surface area contributed by atoms with Gasteiger partial charge in [0.1, 0.15) is 10.8 Å². The van der Waals surface area contributed by atoms with E-state index in [2.05, 4.69) is 32.2 Å².